The number of hydrogen-bond donors (Lipinski definition) is 2. The summed E-state index contributed by atoms with van der Waals surface area (Å²) in [6.07, 6.45) is 0.543. The van der Waals surface area contributed by atoms with Gasteiger partial charge in [0.05, 0.1) is 39.6 Å². The van der Waals surface area contributed by atoms with E-state index < -0.39 is 74.5 Å². The molecule has 1 aromatic heterocycles. The number of primary amides is 1. The maximum absolute atomic E-state index is 14.1. The molecule has 0 radical (unpaired) electrons. The Morgan fingerprint density at radius 1 is 1.09 bits per heavy atom. The average Bonchev–Trinajstić information content (AvgIpc) is 3.60. The van der Waals surface area contributed by atoms with Gasteiger partial charge in [-0.05, 0) is 33.1 Å². The molecule has 45 heavy (non-hydrogen) atoms. The van der Waals surface area contributed by atoms with Crippen molar-refractivity contribution in [2.24, 2.45) is 23.0 Å². The van der Waals surface area contributed by atoms with Gasteiger partial charge in [0, 0.05) is 12.8 Å². The molecule has 6 atom stereocenters. The number of carbonyl (C=O) groups is 5. The van der Waals surface area contributed by atoms with Crippen LogP contribution >= 0.6 is 7.75 Å². The molecule has 2 heterocycles. The number of hydrogen-bond acceptors (Lipinski definition) is 15. The molecule has 18 nitrogen and oxygen atoms in total. The van der Waals surface area contributed by atoms with E-state index in [1.165, 1.54) is 31.8 Å². The molecular weight excluding hydrogens is 621 g/mol. The Morgan fingerprint density at radius 2 is 1.71 bits per heavy atom. The van der Waals surface area contributed by atoms with E-state index in [0.29, 0.717) is 6.42 Å². The van der Waals surface area contributed by atoms with E-state index in [9.17, 15) is 28.5 Å². The lowest BCUT2D eigenvalue weighted by atomic mass is 9.89. The van der Waals surface area contributed by atoms with Crippen LogP contribution in [0, 0.1) is 17.3 Å². The first-order valence-corrected chi connectivity index (χ1v) is 15.8. The molecule has 1 aliphatic rings. The number of esters is 4. The molecule has 0 aromatic carbocycles. The molecule has 1 amide bonds. The summed E-state index contributed by atoms with van der Waals surface area (Å²) in [5.74, 6) is -5.34. The van der Waals surface area contributed by atoms with Gasteiger partial charge in [0.2, 0.25) is 11.2 Å². The maximum Gasteiger partial charge on any atom is 0.406 e. The minimum Gasteiger partial charge on any atom is -0.468 e. The monoisotopic (exact) mass is 663 g/mol. The number of nitrogens with two attached hydrogens (primary N) is 1. The fourth-order valence-electron chi connectivity index (χ4n) is 4.54. The Hall–Kier alpha value is -3.44. The summed E-state index contributed by atoms with van der Waals surface area (Å²) in [4.78, 5) is 65.4. The highest BCUT2D eigenvalue weighted by Crippen LogP contribution is 2.49. The molecule has 0 saturated carbocycles. The summed E-state index contributed by atoms with van der Waals surface area (Å²) in [7, 11) is -3.48. The van der Waals surface area contributed by atoms with Crippen molar-refractivity contribution in [2.45, 2.75) is 66.3 Å². The predicted molar refractivity (Wildman–Crippen MR) is 152 cm³/mol. The highest BCUT2D eigenvalue weighted by Gasteiger charge is 2.53. The number of nitrogens with zero attached hydrogens (tertiary/aromatic N) is 3. The van der Waals surface area contributed by atoms with Crippen LogP contribution < -0.4 is 10.8 Å². The second-order valence-corrected chi connectivity index (χ2v) is 11.9. The van der Waals surface area contributed by atoms with Gasteiger partial charge in [-0.25, -0.2) is 19.3 Å². The van der Waals surface area contributed by atoms with E-state index >= 15 is 0 Å². The summed E-state index contributed by atoms with van der Waals surface area (Å²) >= 11 is 0. The van der Waals surface area contributed by atoms with Gasteiger partial charge < -0.3 is 29.4 Å². The molecule has 1 fully saturated rings. The third-order valence-corrected chi connectivity index (χ3v) is 8.72. The molecule has 6 unspecified atom stereocenters. The minimum absolute atomic E-state index is 0.146. The SMILES string of the molecule is CCOC(=O)C(COC(C)=O)(COP(=O)(NC(C)C(=O)OC)OCC1OC(n2cnc(C(N)=O)n2)C(CC)C1C)C(=O)OCC. The zero-order valence-electron chi connectivity index (χ0n) is 26.4. The van der Waals surface area contributed by atoms with Crippen LogP contribution in [0.25, 0.3) is 0 Å². The topological polar surface area (TPSA) is 236 Å². The molecule has 2 rings (SSSR count). The number of ether oxygens (including phenoxy) is 5. The summed E-state index contributed by atoms with van der Waals surface area (Å²) in [6, 6.07) is -1.24. The van der Waals surface area contributed by atoms with Crippen molar-refractivity contribution in [3.05, 3.63) is 12.2 Å². The highest BCUT2D eigenvalue weighted by atomic mass is 31.2. The maximum atomic E-state index is 14.1. The van der Waals surface area contributed by atoms with Gasteiger partial charge in [-0.15, -0.1) is 5.10 Å². The number of nitrogens with one attached hydrogen (secondary N) is 1. The first-order chi connectivity index (χ1) is 21.2. The lowest BCUT2D eigenvalue weighted by Gasteiger charge is -2.31. The summed E-state index contributed by atoms with van der Waals surface area (Å²) in [5, 5.41) is 6.52. The lowest BCUT2D eigenvalue weighted by molar-refractivity contribution is -0.181. The van der Waals surface area contributed by atoms with Crippen molar-refractivity contribution in [2.75, 3.05) is 40.1 Å². The quantitative estimate of drug-likeness (QED) is 0.0960. The van der Waals surface area contributed by atoms with Crippen LogP contribution in [0.15, 0.2) is 6.33 Å². The van der Waals surface area contributed by atoms with Crippen molar-refractivity contribution >= 4 is 37.5 Å². The standard InChI is InChI=1S/C26H42N5O13P/c1-8-18-15(4)19(44-22(18)31-14-28-21(29-31)20(27)33)11-42-45(37,30-16(5)23(34)38-7)43-13-26(12-41-17(6)32,24(35)39-9-2)25(36)40-10-3/h14-16,18-19,22H,8-13H2,1-7H3,(H2,27,33)(H,30,37). The van der Waals surface area contributed by atoms with Crippen LogP contribution in [-0.2, 0) is 56.5 Å². The van der Waals surface area contributed by atoms with E-state index in [-0.39, 0.29) is 37.5 Å². The Balaban J connectivity index is 2.39. The normalized spacial score (nSPS) is 21.8. The Bertz CT molecular complexity index is 1240. The van der Waals surface area contributed by atoms with Gasteiger partial charge in [-0.3, -0.25) is 33.0 Å². The van der Waals surface area contributed by atoms with E-state index in [1.807, 2.05) is 13.8 Å². The summed E-state index contributed by atoms with van der Waals surface area (Å²) in [6.45, 7) is 6.62. The largest absolute Gasteiger partial charge is 0.468 e. The Kier molecular flexibility index (Phi) is 14.0. The molecule has 1 saturated heterocycles. The second kappa shape index (κ2) is 16.7. The fourth-order valence-corrected chi connectivity index (χ4v) is 6.08. The van der Waals surface area contributed by atoms with Crippen molar-refractivity contribution in [3.8, 4) is 0 Å². The van der Waals surface area contributed by atoms with Crippen LogP contribution in [0.1, 0.15) is 64.8 Å². The number of methoxy groups -OCH3 is 1. The fraction of sp³-hybridized carbons (Fsp3) is 0.731. The zero-order chi connectivity index (χ0) is 33.9. The third kappa shape index (κ3) is 9.53. The average molecular weight is 664 g/mol. The van der Waals surface area contributed by atoms with Crippen LogP contribution in [0.5, 0.6) is 0 Å². The lowest BCUT2D eigenvalue weighted by Crippen LogP contribution is -2.50. The molecule has 1 aromatic rings. The number of amides is 1. The van der Waals surface area contributed by atoms with Crippen molar-refractivity contribution in [1.29, 1.82) is 0 Å². The summed E-state index contributed by atoms with van der Waals surface area (Å²) in [5.41, 5.74) is 2.88. The van der Waals surface area contributed by atoms with Gasteiger partial charge in [0.15, 0.2) is 6.23 Å². The van der Waals surface area contributed by atoms with Gasteiger partial charge >= 0.3 is 31.6 Å². The van der Waals surface area contributed by atoms with E-state index in [0.717, 1.165) is 14.0 Å². The minimum atomic E-state index is -4.59. The van der Waals surface area contributed by atoms with Crippen LogP contribution in [-0.4, -0.2) is 96.8 Å². The molecule has 19 heteroatoms. The Labute approximate surface area is 260 Å². The molecule has 3 N–H and O–H groups in total. The predicted octanol–water partition coefficient (Wildman–Crippen LogP) is 0.905. The smallest absolute Gasteiger partial charge is 0.406 e. The Morgan fingerprint density at radius 3 is 2.20 bits per heavy atom. The highest BCUT2D eigenvalue weighted by molar-refractivity contribution is 7.51. The second-order valence-electron chi connectivity index (χ2n) is 10.2. The van der Waals surface area contributed by atoms with E-state index in [4.69, 9.17) is 38.5 Å². The molecule has 1 aliphatic heterocycles. The first kappa shape index (κ1) is 37.7. The van der Waals surface area contributed by atoms with Gasteiger partial charge in [0.1, 0.15) is 19.0 Å². The number of carbonyl (C=O) groups excluding carboxylic acids is 5. The van der Waals surface area contributed by atoms with Crippen LogP contribution in [0.2, 0.25) is 0 Å². The molecular formula is C26H42N5O13P. The van der Waals surface area contributed by atoms with Crippen molar-refractivity contribution in [1.82, 2.24) is 19.9 Å². The molecule has 0 spiro atoms. The van der Waals surface area contributed by atoms with E-state index in [1.54, 1.807) is 0 Å². The summed E-state index contributed by atoms with van der Waals surface area (Å²) < 4.78 is 52.8. The van der Waals surface area contributed by atoms with Gasteiger partial charge in [0.25, 0.3) is 5.91 Å². The molecule has 254 valence electrons. The van der Waals surface area contributed by atoms with Crippen LogP contribution in [0.4, 0.5) is 0 Å². The molecule has 0 bridgehead atoms. The zero-order valence-corrected chi connectivity index (χ0v) is 27.3. The van der Waals surface area contributed by atoms with Gasteiger partial charge in [-0.2, -0.15) is 0 Å². The van der Waals surface area contributed by atoms with Crippen molar-refractivity contribution in [3.63, 3.8) is 0 Å². The number of aromatic nitrogens is 3. The van der Waals surface area contributed by atoms with E-state index in [2.05, 4.69) is 15.2 Å². The van der Waals surface area contributed by atoms with Crippen molar-refractivity contribution < 1.29 is 61.3 Å². The number of rotatable bonds is 18. The first-order valence-electron chi connectivity index (χ1n) is 14.3. The van der Waals surface area contributed by atoms with Gasteiger partial charge in [-0.1, -0.05) is 13.8 Å². The third-order valence-electron chi connectivity index (χ3n) is 7.05. The van der Waals surface area contributed by atoms with Crippen LogP contribution in [0.3, 0.4) is 0 Å². The molecule has 0 aliphatic carbocycles.